The van der Waals surface area contributed by atoms with Crippen LogP contribution in [0.1, 0.15) is 17.7 Å². The van der Waals surface area contributed by atoms with E-state index in [1.165, 1.54) is 6.08 Å². The Morgan fingerprint density at radius 1 is 1.50 bits per heavy atom. The van der Waals surface area contributed by atoms with Crippen molar-refractivity contribution in [1.82, 2.24) is 9.97 Å². The normalized spacial score (nSPS) is 12.2. The number of halogens is 4. The van der Waals surface area contributed by atoms with E-state index in [9.17, 15) is 18.0 Å². The summed E-state index contributed by atoms with van der Waals surface area (Å²) in [5, 5.41) is 0.614. The van der Waals surface area contributed by atoms with Gasteiger partial charge in [-0.3, -0.25) is 4.79 Å². The number of rotatable bonds is 3. The van der Waals surface area contributed by atoms with Gasteiger partial charge in [0, 0.05) is 5.33 Å². The van der Waals surface area contributed by atoms with Gasteiger partial charge in [0.25, 0.3) is 5.56 Å². The summed E-state index contributed by atoms with van der Waals surface area (Å²) < 4.78 is 37.4. The molecule has 0 unspecified atom stereocenters. The Kier molecular flexibility index (Phi) is 4.28. The fraction of sp³-hybridized carbons (Fsp3) is 0.333. The molecule has 0 aliphatic rings. The van der Waals surface area contributed by atoms with Crippen LogP contribution in [0.3, 0.4) is 0 Å². The van der Waals surface area contributed by atoms with Crippen molar-refractivity contribution in [2.45, 2.75) is 12.6 Å². The van der Waals surface area contributed by atoms with Gasteiger partial charge in [-0.1, -0.05) is 28.1 Å². The number of nitrogens with zero attached hydrogens (tertiary/aromatic N) is 1. The SMILES string of the molecule is O=c1[nH]cnc(C(F)(F)F)c1C=CCCBr. The van der Waals surface area contributed by atoms with Crippen molar-refractivity contribution in [3.05, 3.63) is 34.0 Å². The molecule has 0 amide bonds. The molecule has 1 aromatic rings. The first-order valence-corrected chi connectivity index (χ1v) is 5.46. The first-order chi connectivity index (χ1) is 7.46. The average molecular weight is 297 g/mol. The van der Waals surface area contributed by atoms with E-state index in [1.54, 1.807) is 0 Å². The zero-order chi connectivity index (χ0) is 12.2. The number of hydrogen-bond acceptors (Lipinski definition) is 2. The molecule has 0 fully saturated rings. The standard InChI is InChI=1S/C9H8BrF3N2O/c10-4-2-1-3-6-7(9(11,12)13)14-5-15-8(6)16/h1,3,5H,2,4H2,(H,14,15,16). The van der Waals surface area contributed by atoms with Crippen molar-refractivity contribution in [3.63, 3.8) is 0 Å². The summed E-state index contributed by atoms with van der Waals surface area (Å²) in [4.78, 5) is 16.5. The molecule has 0 saturated carbocycles. The second-order valence-electron chi connectivity index (χ2n) is 2.87. The molecule has 0 aliphatic heterocycles. The second-order valence-corrected chi connectivity index (χ2v) is 3.66. The molecular formula is C9H8BrF3N2O. The quantitative estimate of drug-likeness (QED) is 0.872. The van der Waals surface area contributed by atoms with E-state index in [1.807, 2.05) is 0 Å². The van der Waals surface area contributed by atoms with E-state index in [4.69, 9.17) is 0 Å². The Morgan fingerprint density at radius 2 is 2.19 bits per heavy atom. The minimum atomic E-state index is -4.62. The van der Waals surface area contributed by atoms with Crippen LogP contribution in [0.2, 0.25) is 0 Å². The van der Waals surface area contributed by atoms with E-state index >= 15 is 0 Å². The van der Waals surface area contributed by atoms with Crippen LogP contribution in [-0.2, 0) is 6.18 Å². The number of alkyl halides is 4. The van der Waals surface area contributed by atoms with Gasteiger partial charge in [0.05, 0.1) is 11.9 Å². The molecule has 0 saturated heterocycles. The first kappa shape index (κ1) is 13.0. The third-order valence-electron chi connectivity index (χ3n) is 1.72. The molecule has 0 aliphatic carbocycles. The highest BCUT2D eigenvalue weighted by Crippen LogP contribution is 2.29. The average Bonchev–Trinajstić information content (AvgIpc) is 2.19. The molecule has 1 heterocycles. The zero-order valence-corrected chi connectivity index (χ0v) is 9.60. The van der Waals surface area contributed by atoms with Gasteiger partial charge in [-0.2, -0.15) is 13.2 Å². The van der Waals surface area contributed by atoms with Crippen molar-refractivity contribution in [1.29, 1.82) is 0 Å². The maximum absolute atomic E-state index is 12.5. The number of aromatic nitrogens is 2. The van der Waals surface area contributed by atoms with Crippen molar-refractivity contribution < 1.29 is 13.2 Å². The van der Waals surface area contributed by atoms with Gasteiger partial charge in [-0.15, -0.1) is 0 Å². The highest BCUT2D eigenvalue weighted by atomic mass is 79.9. The van der Waals surface area contributed by atoms with Crippen LogP contribution in [0, 0.1) is 0 Å². The van der Waals surface area contributed by atoms with Gasteiger partial charge < -0.3 is 4.98 Å². The molecule has 0 bridgehead atoms. The number of H-pyrrole nitrogens is 1. The van der Waals surface area contributed by atoms with Gasteiger partial charge in [-0.05, 0) is 6.42 Å². The molecule has 16 heavy (non-hydrogen) atoms. The minimum absolute atomic E-state index is 0.462. The fourth-order valence-electron chi connectivity index (χ4n) is 1.05. The molecule has 1 aromatic heterocycles. The van der Waals surface area contributed by atoms with Gasteiger partial charge in [-0.25, -0.2) is 4.98 Å². The Morgan fingerprint density at radius 3 is 2.75 bits per heavy atom. The summed E-state index contributed by atoms with van der Waals surface area (Å²) in [7, 11) is 0. The zero-order valence-electron chi connectivity index (χ0n) is 8.01. The van der Waals surface area contributed by atoms with Crippen LogP contribution in [0.25, 0.3) is 6.08 Å². The molecule has 1 N–H and O–H groups in total. The van der Waals surface area contributed by atoms with Crippen LogP contribution in [-0.4, -0.2) is 15.3 Å². The predicted molar refractivity (Wildman–Crippen MR) is 57.3 cm³/mol. The lowest BCUT2D eigenvalue weighted by atomic mass is 10.2. The van der Waals surface area contributed by atoms with Crippen molar-refractivity contribution in [2.24, 2.45) is 0 Å². The highest BCUT2D eigenvalue weighted by molar-refractivity contribution is 9.09. The molecule has 0 aromatic carbocycles. The van der Waals surface area contributed by atoms with E-state index in [2.05, 4.69) is 25.9 Å². The maximum Gasteiger partial charge on any atom is 0.434 e. The van der Waals surface area contributed by atoms with Gasteiger partial charge in [0.1, 0.15) is 0 Å². The van der Waals surface area contributed by atoms with Crippen LogP contribution < -0.4 is 5.56 Å². The van der Waals surface area contributed by atoms with Crippen LogP contribution >= 0.6 is 15.9 Å². The summed E-state index contributed by atoms with van der Waals surface area (Å²) in [6.45, 7) is 0. The highest BCUT2D eigenvalue weighted by Gasteiger charge is 2.35. The van der Waals surface area contributed by atoms with E-state index in [0.717, 1.165) is 12.4 Å². The summed E-state index contributed by atoms with van der Waals surface area (Å²) in [5.41, 5.74) is -2.42. The van der Waals surface area contributed by atoms with Gasteiger partial charge in [0.2, 0.25) is 0 Å². The molecule has 1 rings (SSSR count). The second kappa shape index (κ2) is 5.29. The van der Waals surface area contributed by atoms with Crippen LogP contribution in [0.15, 0.2) is 17.2 Å². The summed E-state index contributed by atoms with van der Waals surface area (Å²) in [6.07, 6.45) is -0.729. The van der Waals surface area contributed by atoms with E-state index < -0.39 is 23.0 Å². The van der Waals surface area contributed by atoms with E-state index in [-0.39, 0.29) is 0 Å². The largest absolute Gasteiger partial charge is 0.434 e. The summed E-state index contributed by atoms with van der Waals surface area (Å²) >= 11 is 3.12. The van der Waals surface area contributed by atoms with Crippen molar-refractivity contribution >= 4 is 22.0 Å². The van der Waals surface area contributed by atoms with Crippen LogP contribution in [0.4, 0.5) is 13.2 Å². The summed E-state index contributed by atoms with van der Waals surface area (Å²) in [5.74, 6) is 0. The number of allylic oxidation sites excluding steroid dienone is 1. The molecule has 0 atom stereocenters. The molecule has 0 spiro atoms. The fourth-order valence-corrected chi connectivity index (χ4v) is 1.32. The molecular weight excluding hydrogens is 289 g/mol. The first-order valence-electron chi connectivity index (χ1n) is 4.34. The number of nitrogens with one attached hydrogen (secondary N) is 1. The monoisotopic (exact) mass is 296 g/mol. The molecule has 88 valence electrons. The third-order valence-corrected chi connectivity index (χ3v) is 2.18. The third kappa shape index (κ3) is 3.19. The number of aromatic amines is 1. The predicted octanol–water partition coefficient (Wildman–Crippen LogP) is 2.59. The van der Waals surface area contributed by atoms with Gasteiger partial charge in [0.15, 0.2) is 5.69 Å². The maximum atomic E-state index is 12.5. The van der Waals surface area contributed by atoms with Crippen molar-refractivity contribution in [3.8, 4) is 0 Å². The Balaban J connectivity index is 3.20. The lowest BCUT2D eigenvalue weighted by molar-refractivity contribution is -0.141. The van der Waals surface area contributed by atoms with Crippen LogP contribution in [0.5, 0.6) is 0 Å². The minimum Gasteiger partial charge on any atom is -0.313 e. The smallest absolute Gasteiger partial charge is 0.313 e. The topological polar surface area (TPSA) is 45.8 Å². The van der Waals surface area contributed by atoms with E-state index in [0.29, 0.717) is 11.8 Å². The number of hydrogen-bond donors (Lipinski definition) is 1. The molecule has 7 heteroatoms. The summed E-state index contributed by atoms with van der Waals surface area (Å²) in [6, 6.07) is 0. The lowest BCUT2D eigenvalue weighted by Gasteiger charge is -2.07. The van der Waals surface area contributed by atoms with Crippen molar-refractivity contribution in [2.75, 3.05) is 5.33 Å². The Bertz CT molecular complexity index is 439. The molecule has 3 nitrogen and oxygen atoms in total. The van der Waals surface area contributed by atoms with Gasteiger partial charge >= 0.3 is 6.18 Å². The lowest BCUT2D eigenvalue weighted by Crippen LogP contribution is -2.20. The Labute approximate surface area is 97.5 Å². The Hall–Kier alpha value is -1.11. The molecule has 0 radical (unpaired) electrons.